The summed E-state index contributed by atoms with van der Waals surface area (Å²) in [6, 6.07) is 0. The lowest BCUT2D eigenvalue weighted by molar-refractivity contribution is 0.101. The van der Waals surface area contributed by atoms with Gasteiger partial charge in [0.15, 0.2) is 5.82 Å². The molecule has 6 nitrogen and oxygen atoms in total. The Bertz CT molecular complexity index is 383. The van der Waals surface area contributed by atoms with Gasteiger partial charge in [-0.25, -0.2) is 4.98 Å². The van der Waals surface area contributed by atoms with Crippen molar-refractivity contribution in [2.24, 2.45) is 10.9 Å². The first-order valence-electron chi connectivity index (χ1n) is 5.92. The van der Waals surface area contributed by atoms with Crippen molar-refractivity contribution in [2.75, 3.05) is 6.61 Å². The molecule has 1 atom stereocenters. The molecule has 1 aromatic heterocycles. The molecule has 0 spiro atoms. The van der Waals surface area contributed by atoms with Crippen LogP contribution in [-0.2, 0) is 11.3 Å². The van der Waals surface area contributed by atoms with Crippen LogP contribution in [0, 0.1) is 0 Å². The Kier molecular flexibility index (Phi) is 3.98. The zero-order chi connectivity index (χ0) is 12.1. The monoisotopic (exact) mass is 238 g/mol. The Morgan fingerprint density at radius 2 is 2.59 bits per heavy atom. The number of ether oxygens (including phenoxy) is 1. The number of rotatable bonds is 5. The van der Waals surface area contributed by atoms with Gasteiger partial charge in [-0.1, -0.05) is 5.16 Å². The van der Waals surface area contributed by atoms with E-state index in [9.17, 15) is 0 Å². The first-order chi connectivity index (χ1) is 8.31. The molecule has 1 aliphatic heterocycles. The predicted molar refractivity (Wildman–Crippen MR) is 62.9 cm³/mol. The molecule has 1 aromatic rings. The molecule has 2 heterocycles. The summed E-state index contributed by atoms with van der Waals surface area (Å²) in [5, 5.41) is 11.6. The summed E-state index contributed by atoms with van der Waals surface area (Å²) in [5.74, 6) is 0.562. The van der Waals surface area contributed by atoms with Crippen LogP contribution in [0.5, 0.6) is 0 Å². The topological polar surface area (TPSA) is 85.7 Å². The molecular weight excluding hydrogens is 220 g/mol. The Balaban J connectivity index is 1.84. The number of imidazole rings is 1. The zero-order valence-electron chi connectivity index (χ0n) is 9.75. The zero-order valence-corrected chi connectivity index (χ0v) is 9.75. The molecule has 6 heteroatoms. The largest absolute Gasteiger partial charge is 0.409 e. The van der Waals surface area contributed by atoms with Crippen LogP contribution < -0.4 is 5.73 Å². The summed E-state index contributed by atoms with van der Waals surface area (Å²) in [6.45, 7) is 1.70. The average molecular weight is 238 g/mol. The Hall–Kier alpha value is -1.56. The van der Waals surface area contributed by atoms with E-state index in [1.54, 1.807) is 6.20 Å². The molecule has 94 valence electrons. The highest BCUT2D eigenvalue weighted by Crippen LogP contribution is 2.17. The lowest BCUT2D eigenvalue weighted by Crippen LogP contribution is -2.20. The number of amidine groups is 1. The molecule has 0 radical (unpaired) electrons. The van der Waals surface area contributed by atoms with E-state index in [1.807, 2.05) is 10.8 Å². The van der Waals surface area contributed by atoms with Crippen molar-refractivity contribution in [1.82, 2.24) is 9.55 Å². The number of nitrogens with two attached hydrogens (primary N) is 1. The van der Waals surface area contributed by atoms with Crippen LogP contribution in [0.3, 0.4) is 0 Å². The van der Waals surface area contributed by atoms with E-state index in [-0.39, 0.29) is 5.84 Å². The number of aryl methyl sites for hydroxylation is 1. The van der Waals surface area contributed by atoms with Gasteiger partial charge >= 0.3 is 0 Å². The Morgan fingerprint density at radius 3 is 3.29 bits per heavy atom. The lowest BCUT2D eigenvalue weighted by atomic mass is 10.1. The van der Waals surface area contributed by atoms with Gasteiger partial charge < -0.3 is 20.2 Å². The Morgan fingerprint density at radius 1 is 1.71 bits per heavy atom. The predicted octanol–water partition coefficient (Wildman–Crippen LogP) is 0.937. The number of hydrogen-bond donors (Lipinski definition) is 2. The molecule has 0 saturated carbocycles. The second-order valence-electron chi connectivity index (χ2n) is 4.21. The highest BCUT2D eigenvalue weighted by molar-refractivity contribution is 5.93. The van der Waals surface area contributed by atoms with Gasteiger partial charge in [-0.2, -0.15) is 0 Å². The van der Waals surface area contributed by atoms with Crippen molar-refractivity contribution in [1.29, 1.82) is 0 Å². The maximum atomic E-state index is 8.62. The van der Waals surface area contributed by atoms with Crippen molar-refractivity contribution >= 4 is 5.84 Å². The third-order valence-corrected chi connectivity index (χ3v) is 3.00. The standard InChI is InChI=1S/C11H18N4O2/c12-10(14-16)11-13-5-7-15(11)6-1-3-9-4-2-8-17-9/h5,7,9,16H,1-4,6,8H2,(H2,12,14). The van der Waals surface area contributed by atoms with Gasteiger partial charge in [-0.15, -0.1) is 0 Å². The number of nitrogens with zero attached hydrogens (tertiary/aromatic N) is 3. The number of hydrogen-bond acceptors (Lipinski definition) is 4. The highest BCUT2D eigenvalue weighted by atomic mass is 16.5. The molecule has 0 aliphatic carbocycles. The minimum absolute atomic E-state index is 0.0483. The van der Waals surface area contributed by atoms with Crippen LogP contribution in [0.1, 0.15) is 31.5 Å². The minimum atomic E-state index is 0.0483. The summed E-state index contributed by atoms with van der Waals surface area (Å²) in [4.78, 5) is 4.05. The summed E-state index contributed by atoms with van der Waals surface area (Å²) in [7, 11) is 0. The second kappa shape index (κ2) is 5.67. The maximum absolute atomic E-state index is 8.62. The average Bonchev–Trinajstić information content (AvgIpc) is 2.99. The van der Waals surface area contributed by atoms with Gasteiger partial charge in [0.2, 0.25) is 5.84 Å². The van der Waals surface area contributed by atoms with Crippen LogP contribution in [0.2, 0.25) is 0 Å². The molecule has 1 unspecified atom stereocenters. The Labute approximate surface area is 100 Å². The van der Waals surface area contributed by atoms with Gasteiger partial charge in [0.1, 0.15) is 0 Å². The molecule has 0 bridgehead atoms. The van der Waals surface area contributed by atoms with Crippen LogP contribution >= 0.6 is 0 Å². The molecular formula is C11H18N4O2. The van der Waals surface area contributed by atoms with Gasteiger partial charge in [-0.05, 0) is 25.7 Å². The molecule has 3 N–H and O–H groups in total. The molecule has 1 fully saturated rings. The summed E-state index contributed by atoms with van der Waals surface area (Å²) in [5.41, 5.74) is 5.53. The normalized spacial score (nSPS) is 20.9. The third-order valence-electron chi connectivity index (χ3n) is 3.00. The van der Waals surface area contributed by atoms with E-state index >= 15 is 0 Å². The second-order valence-corrected chi connectivity index (χ2v) is 4.21. The van der Waals surface area contributed by atoms with E-state index in [2.05, 4.69) is 10.1 Å². The van der Waals surface area contributed by atoms with Gasteiger partial charge in [0.25, 0.3) is 0 Å². The molecule has 0 amide bonds. The van der Waals surface area contributed by atoms with E-state index in [0.29, 0.717) is 11.9 Å². The number of oxime groups is 1. The first kappa shape index (κ1) is 11.9. The van der Waals surface area contributed by atoms with Crippen molar-refractivity contribution in [2.45, 2.75) is 38.3 Å². The minimum Gasteiger partial charge on any atom is -0.409 e. The fourth-order valence-corrected chi connectivity index (χ4v) is 2.13. The number of aromatic nitrogens is 2. The quantitative estimate of drug-likeness (QED) is 0.346. The van der Waals surface area contributed by atoms with Crippen molar-refractivity contribution < 1.29 is 9.94 Å². The van der Waals surface area contributed by atoms with Crippen molar-refractivity contribution in [3.63, 3.8) is 0 Å². The van der Waals surface area contributed by atoms with Crippen molar-refractivity contribution in [3.8, 4) is 0 Å². The van der Waals surface area contributed by atoms with Gasteiger partial charge in [0, 0.05) is 25.5 Å². The lowest BCUT2D eigenvalue weighted by Gasteiger charge is -2.10. The van der Waals surface area contributed by atoms with E-state index < -0.39 is 0 Å². The molecule has 0 aromatic carbocycles. The van der Waals surface area contributed by atoms with E-state index in [4.69, 9.17) is 15.7 Å². The fraction of sp³-hybridized carbons (Fsp3) is 0.636. The van der Waals surface area contributed by atoms with E-state index in [0.717, 1.165) is 32.4 Å². The molecule has 1 aliphatic rings. The van der Waals surface area contributed by atoms with Crippen LogP contribution in [-0.4, -0.2) is 33.3 Å². The summed E-state index contributed by atoms with van der Waals surface area (Å²) in [6.07, 6.45) is 8.29. The molecule has 2 rings (SSSR count). The fourth-order valence-electron chi connectivity index (χ4n) is 2.13. The maximum Gasteiger partial charge on any atom is 0.206 e. The molecule has 17 heavy (non-hydrogen) atoms. The highest BCUT2D eigenvalue weighted by Gasteiger charge is 2.15. The van der Waals surface area contributed by atoms with Gasteiger partial charge in [-0.3, -0.25) is 0 Å². The molecule has 1 saturated heterocycles. The van der Waals surface area contributed by atoms with E-state index in [1.165, 1.54) is 6.42 Å². The summed E-state index contributed by atoms with van der Waals surface area (Å²) < 4.78 is 7.45. The summed E-state index contributed by atoms with van der Waals surface area (Å²) >= 11 is 0. The van der Waals surface area contributed by atoms with Crippen LogP contribution in [0.15, 0.2) is 17.5 Å². The van der Waals surface area contributed by atoms with Crippen molar-refractivity contribution in [3.05, 3.63) is 18.2 Å². The SMILES string of the molecule is NC(=NO)c1nccn1CCCC1CCCO1. The first-order valence-corrected chi connectivity index (χ1v) is 5.92. The van der Waals surface area contributed by atoms with Gasteiger partial charge in [0.05, 0.1) is 6.10 Å². The van der Waals surface area contributed by atoms with Crippen LogP contribution in [0.25, 0.3) is 0 Å². The smallest absolute Gasteiger partial charge is 0.206 e. The third kappa shape index (κ3) is 2.97. The van der Waals surface area contributed by atoms with Crippen LogP contribution in [0.4, 0.5) is 0 Å².